The van der Waals surface area contributed by atoms with Gasteiger partial charge in [-0.25, -0.2) is 0 Å². The monoisotopic (exact) mass is 213 g/mol. The lowest BCUT2D eigenvalue weighted by atomic mass is 10.0. The van der Waals surface area contributed by atoms with E-state index in [4.69, 9.17) is 10.5 Å². The predicted octanol–water partition coefficient (Wildman–Crippen LogP) is 2.87. The van der Waals surface area contributed by atoms with Crippen molar-refractivity contribution in [3.8, 4) is 5.75 Å². The van der Waals surface area contributed by atoms with Gasteiger partial charge in [-0.3, -0.25) is 0 Å². The van der Waals surface area contributed by atoms with Gasteiger partial charge in [0.15, 0.2) is 0 Å². The fraction of sp³-hybridized carbons (Fsp3) is 0.143. The number of rotatable bonds is 3. The minimum Gasteiger partial charge on any atom is -0.497 e. The quantitative estimate of drug-likeness (QED) is 0.796. The molecule has 0 bridgehead atoms. The number of benzene rings is 2. The van der Waals surface area contributed by atoms with Gasteiger partial charge in [-0.15, -0.1) is 0 Å². The first kappa shape index (κ1) is 10.6. The molecule has 0 aliphatic heterocycles. The topological polar surface area (TPSA) is 35.2 Å². The molecular formula is C14H15NO. The third-order valence-corrected chi connectivity index (χ3v) is 2.49. The van der Waals surface area contributed by atoms with Crippen LogP contribution in [0.5, 0.6) is 5.75 Å². The number of anilines is 1. The average molecular weight is 213 g/mol. The Bertz CT molecular complexity index is 480. The van der Waals surface area contributed by atoms with Crippen molar-refractivity contribution < 1.29 is 4.74 Å². The van der Waals surface area contributed by atoms with E-state index in [1.807, 2.05) is 36.4 Å². The van der Waals surface area contributed by atoms with E-state index in [2.05, 4.69) is 12.1 Å². The Hall–Kier alpha value is -1.96. The van der Waals surface area contributed by atoms with Gasteiger partial charge in [0, 0.05) is 5.69 Å². The number of hydrogen-bond acceptors (Lipinski definition) is 2. The molecule has 0 atom stereocenters. The lowest BCUT2D eigenvalue weighted by molar-refractivity contribution is 0.414. The fourth-order valence-electron chi connectivity index (χ4n) is 1.72. The summed E-state index contributed by atoms with van der Waals surface area (Å²) in [4.78, 5) is 0. The highest BCUT2D eigenvalue weighted by atomic mass is 16.5. The lowest BCUT2D eigenvalue weighted by Crippen LogP contribution is -1.91. The van der Waals surface area contributed by atoms with Crippen molar-refractivity contribution in [3.63, 3.8) is 0 Å². The highest BCUT2D eigenvalue weighted by molar-refractivity contribution is 5.42. The Balaban J connectivity index is 2.20. The molecule has 0 aromatic heterocycles. The molecular weight excluding hydrogens is 198 g/mol. The summed E-state index contributed by atoms with van der Waals surface area (Å²) < 4.78 is 5.19. The van der Waals surface area contributed by atoms with Crippen molar-refractivity contribution in [3.05, 3.63) is 59.7 Å². The van der Waals surface area contributed by atoms with E-state index in [9.17, 15) is 0 Å². The molecule has 0 saturated carbocycles. The SMILES string of the molecule is COc1cccc(Cc2cccc(N)c2)c1. The van der Waals surface area contributed by atoms with Crippen LogP contribution < -0.4 is 10.5 Å². The summed E-state index contributed by atoms with van der Waals surface area (Å²) in [6.07, 6.45) is 0.877. The van der Waals surface area contributed by atoms with E-state index >= 15 is 0 Å². The molecule has 2 N–H and O–H groups in total. The van der Waals surface area contributed by atoms with E-state index in [1.165, 1.54) is 11.1 Å². The molecule has 2 rings (SSSR count). The first-order valence-corrected chi connectivity index (χ1v) is 5.25. The van der Waals surface area contributed by atoms with E-state index < -0.39 is 0 Å². The molecule has 2 nitrogen and oxygen atoms in total. The first-order valence-electron chi connectivity index (χ1n) is 5.25. The Labute approximate surface area is 95.7 Å². The van der Waals surface area contributed by atoms with Crippen LogP contribution >= 0.6 is 0 Å². The molecule has 2 heteroatoms. The van der Waals surface area contributed by atoms with E-state index in [0.29, 0.717) is 0 Å². The normalized spacial score (nSPS) is 10.1. The van der Waals surface area contributed by atoms with Crippen molar-refractivity contribution in [2.24, 2.45) is 0 Å². The van der Waals surface area contributed by atoms with Crippen LogP contribution in [0.25, 0.3) is 0 Å². The van der Waals surface area contributed by atoms with Crippen LogP contribution in [-0.2, 0) is 6.42 Å². The number of ether oxygens (including phenoxy) is 1. The van der Waals surface area contributed by atoms with Crippen molar-refractivity contribution in [1.82, 2.24) is 0 Å². The molecule has 0 unspecified atom stereocenters. The van der Waals surface area contributed by atoms with E-state index in [0.717, 1.165) is 17.9 Å². The molecule has 0 aliphatic carbocycles. The molecule has 16 heavy (non-hydrogen) atoms. The number of nitrogens with two attached hydrogens (primary N) is 1. The maximum atomic E-state index is 5.74. The van der Waals surface area contributed by atoms with E-state index in [1.54, 1.807) is 7.11 Å². The van der Waals surface area contributed by atoms with Gasteiger partial charge in [-0.05, 0) is 41.8 Å². The minimum absolute atomic E-state index is 0.806. The summed E-state index contributed by atoms with van der Waals surface area (Å²) in [5.41, 5.74) is 8.99. The second-order valence-corrected chi connectivity index (χ2v) is 3.77. The van der Waals surface area contributed by atoms with Crippen LogP contribution in [0.15, 0.2) is 48.5 Å². The van der Waals surface area contributed by atoms with Crippen molar-refractivity contribution in [2.45, 2.75) is 6.42 Å². The number of nitrogen functional groups attached to an aromatic ring is 1. The van der Waals surface area contributed by atoms with Gasteiger partial charge >= 0.3 is 0 Å². The molecule has 82 valence electrons. The Morgan fingerprint density at radius 2 is 1.69 bits per heavy atom. The lowest BCUT2D eigenvalue weighted by Gasteiger charge is -2.05. The summed E-state index contributed by atoms with van der Waals surface area (Å²) in [7, 11) is 1.68. The summed E-state index contributed by atoms with van der Waals surface area (Å²) in [6.45, 7) is 0. The highest BCUT2D eigenvalue weighted by Gasteiger charge is 1.98. The van der Waals surface area contributed by atoms with Crippen LogP contribution in [-0.4, -0.2) is 7.11 Å². The highest BCUT2D eigenvalue weighted by Crippen LogP contribution is 2.17. The van der Waals surface area contributed by atoms with Crippen molar-refractivity contribution in [1.29, 1.82) is 0 Å². The van der Waals surface area contributed by atoms with Crippen LogP contribution in [0, 0.1) is 0 Å². The molecule has 2 aromatic carbocycles. The summed E-state index contributed by atoms with van der Waals surface area (Å²) >= 11 is 0. The summed E-state index contributed by atoms with van der Waals surface area (Å²) in [6, 6.07) is 16.0. The molecule has 0 spiro atoms. The van der Waals surface area contributed by atoms with Gasteiger partial charge < -0.3 is 10.5 Å². The Morgan fingerprint density at radius 3 is 2.38 bits per heavy atom. The minimum atomic E-state index is 0.806. The molecule has 0 heterocycles. The van der Waals surface area contributed by atoms with Gasteiger partial charge in [0.05, 0.1) is 7.11 Å². The zero-order chi connectivity index (χ0) is 11.4. The molecule has 2 aromatic rings. The molecule has 0 radical (unpaired) electrons. The molecule has 0 aliphatic rings. The fourth-order valence-corrected chi connectivity index (χ4v) is 1.72. The second kappa shape index (κ2) is 4.71. The third kappa shape index (κ3) is 2.54. The van der Waals surface area contributed by atoms with Crippen LogP contribution in [0.3, 0.4) is 0 Å². The molecule has 0 saturated heterocycles. The van der Waals surface area contributed by atoms with E-state index in [-0.39, 0.29) is 0 Å². The average Bonchev–Trinajstić information content (AvgIpc) is 2.29. The van der Waals surface area contributed by atoms with Gasteiger partial charge in [-0.2, -0.15) is 0 Å². The Morgan fingerprint density at radius 1 is 1.00 bits per heavy atom. The zero-order valence-corrected chi connectivity index (χ0v) is 9.31. The maximum Gasteiger partial charge on any atom is 0.119 e. The van der Waals surface area contributed by atoms with Crippen molar-refractivity contribution >= 4 is 5.69 Å². The second-order valence-electron chi connectivity index (χ2n) is 3.77. The van der Waals surface area contributed by atoms with Crippen LogP contribution in [0.2, 0.25) is 0 Å². The standard InChI is InChI=1S/C14H15NO/c1-16-14-7-3-5-12(10-14)8-11-4-2-6-13(15)9-11/h2-7,9-10H,8,15H2,1H3. The molecule has 0 amide bonds. The Kier molecular flexibility index (Phi) is 3.10. The first-order chi connectivity index (χ1) is 7.78. The largest absolute Gasteiger partial charge is 0.497 e. The molecule has 0 fully saturated rings. The number of methoxy groups -OCH3 is 1. The number of hydrogen-bond donors (Lipinski definition) is 1. The smallest absolute Gasteiger partial charge is 0.119 e. The van der Waals surface area contributed by atoms with Gasteiger partial charge in [-0.1, -0.05) is 24.3 Å². The van der Waals surface area contributed by atoms with Gasteiger partial charge in [0.1, 0.15) is 5.75 Å². The van der Waals surface area contributed by atoms with Crippen LogP contribution in [0.1, 0.15) is 11.1 Å². The van der Waals surface area contributed by atoms with Gasteiger partial charge in [0.25, 0.3) is 0 Å². The van der Waals surface area contributed by atoms with Gasteiger partial charge in [0.2, 0.25) is 0 Å². The van der Waals surface area contributed by atoms with Crippen LogP contribution in [0.4, 0.5) is 5.69 Å². The van der Waals surface area contributed by atoms with Crippen molar-refractivity contribution in [2.75, 3.05) is 12.8 Å². The zero-order valence-electron chi connectivity index (χ0n) is 9.31. The third-order valence-electron chi connectivity index (χ3n) is 2.49. The summed E-state index contributed by atoms with van der Waals surface area (Å²) in [5, 5.41) is 0. The summed E-state index contributed by atoms with van der Waals surface area (Å²) in [5.74, 6) is 0.890. The maximum absolute atomic E-state index is 5.74. The predicted molar refractivity (Wildman–Crippen MR) is 66.7 cm³/mol.